The third-order valence-electron chi connectivity index (χ3n) is 8.04. The summed E-state index contributed by atoms with van der Waals surface area (Å²) in [5.74, 6) is -1.37. The molecule has 2 atom stereocenters. The molecule has 1 saturated heterocycles. The van der Waals surface area contributed by atoms with Gasteiger partial charge < -0.3 is 35.4 Å². The molecule has 5 rings (SSSR count). The lowest BCUT2D eigenvalue weighted by Crippen LogP contribution is -2.49. The van der Waals surface area contributed by atoms with Crippen molar-refractivity contribution >= 4 is 33.8 Å². The first-order valence-electron chi connectivity index (χ1n) is 16.1. The predicted molar refractivity (Wildman–Crippen MR) is 181 cm³/mol. The Balaban J connectivity index is 1.44. The highest BCUT2D eigenvalue weighted by atomic mass is 32.1. The number of anilines is 3. The standard InChI is InChI=1S/C34H46F2N6O4S/c1-32(2,3)45-19-39-29-25(41-30(47-29)26-22(35)11-8-12-23(26)36)17-37-24-16-38-28-21(13-14-34(28,7)44)27(24)42-15-9-10-20(18-42)40-31(43)46-33(4,5)6/h8,11-12,16,20,37,39,44H,9-10,13-15,17-19H2,1-7H3,(H,40,43). The molecule has 10 nitrogen and oxygen atoms in total. The molecule has 2 aliphatic rings. The van der Waals surface area contributed by atoms with Gasteiger partial charge in [-0.25, -0.2) is 18.6 Å². The lowest BCUT2D eigenvalue weighted by atomic mass is 10.0. The maximum atomic E-state index is 14.8. The van der Waals surface area contributed by atoms with Crippen LogP contribution in [0, 0.1) is 11.6 Å². The number of hydrogen-bond donors (Lipinski definition) is 4. The van der Waals surface area contributed by atoms with Crippen molar-refractivity contribution < 1.29 is 28.2 Å². The average Bonchev–Trinajstić information content (AvgIpc) is 3.49. The summed E-state index contributed by atoms with van der Waals surface area (Å²) in [5, 5.41) is 21.7. The quantitative estimate of drug-likeness (QED) is 0.180. The van der Waals surface area contributed by atoms with E-state index in [1.165, 1.54) is 18.2 Å². The summed E-state index contributed by atoms with van der Waals surface area (Å²) in [6, 6.07) is 3.63. The second-order valence-corrected chi connectivity index (χ2v) is 15.4. The van der Waals surface area contributed by atoms with Gasteiger partial charge in [-0.1, -0.05) is 17.4 Å². The molecule has 1 aromatic carbocycles. The Morgan fingerprint density at radius 2 is 1.87 bits per heavy atom. The lowest BCUT2D eigenvalue weighted by Gasteiger charge is -2.37. The molecule has 1 aliphatic carbocycles. The van der Waals surface area contributed by atoms with Gasteiger partial charge in [0, 0.05) is 24.7 Å². The Hall–Kier alpha value is -3.55. The van der Waals surface area contributed by atoms with E-state index in [1.54, 1.807) is 13.1 Å². The van der Waals surface area contributed by atoms with Gasteiger partial charge in [0.25, 0.3) is 0 Å². The van der Waals surface area contributed by atoms with Crippen LogP contribution in [0.5, 0.6) is 0 Å². The second kappa shape index (κ2) is 13.5. The van der Waals surface area contributed by atoms with Crippen LogP contribution in [0.1, 0.15) is 84.7 Å². The predicted octanol–water partition coefficient (Wildman–Crippen LogP) is 6.93. The zero-order chi connectivity index (χ0) is 34.1. The SMILES string of the molecule is CC(C)(C)OCNc1sc(-c2c(F)cccc2F)nc1CNc1cnc2c(c1N1CCCC(NC(=O)OC(C)(C)C)C1)CCC2(C)O. The van der Waals surface area contributed by atoms with Crippen LogP contribution >= 0.6 is 11.3 Å². The fourth-order valence-corrected chi connectivity index (χ4v) is 6.92. The molecular formula is C34H46F2N6O4S. The number of aromatic nitrogens is 2. The normalized spacial score (nSPS) is 19.8. The van der Waals surface area contributed by atoms with Gasteiger partial charge in [0.2, 0.25) is 0 Å². The fourth-order valence-electron chi connectivity index (χ4n) is 5.91. The summed E-state index contributed by atoms with van der Waals surface area (Å²) in [6.07, 6.45) is 4.11. The van der Waals surface area contributed by atoms with Gasteiger partial charge in [0.1, 0.15) is 39.6 Å². The Morgan fingerprint density at radius 3 is 2.55 bits per heavy atom. The fraction of sp³-hybridized carbons (Fsp3) is 0.559. The summed E-state index contributed by atoms with van der Waals surface area (Å²) >= 11 is 1.16. The molecule has 2 unspecified atom stereocenters. The van der Waals surface area contributed by atoms with Gasteiger partial charge >= 0.3 is 6.09 Å². The molecule has 1 amide bonds. The first-order valence-corrected chi connectivity index (χ1v) is 16.9. The van der Waals surface area contributed by atoms with Crippen molar-refractivity contribution in [2.45, 2.75) is 104 Å². The maximum Gasteiger partial charge on any atom is 0.407 e. The number of carbonyl (C=O) groups is 1. The van der Waals surface area contributed by atoms with Crippen LogP contribution in [0.3, 0.4) is 0 Å². The van der Waals surface area contributed by atoms with Gasteiger partial charge in [-0.05, 0) is 86.3 Å². The molecular weight excluding hydrogens is 626 g/mol. The number of nitrogens with one attached hydrogen (secondary N) is 3. The van der Waals surface area contributed by atoms with Crippen molar-refractivity contribution in [3.05, 3.63) is 53.0 Å². The smallest absolute Gasteiger partial charge is 0.407 e. The van der Waals surface area contributed by atoms with Crippen molar-refractivity contribution in [1.82, 2.24) is 15.3 Å². The number of alkyl carbamates (subject to hydrolysis) is 1. The lowest BCUT2D eigenvalue weighted by molar-refractivity contribution is 0.00852. The van der Waals surface area contributed by atoms with Gasteiger partial charge in [-0.3, -0.25) is 4.98 Å². The highest BCUT2D eigenvalue weighted by Gasteiger charge is 2.38. The molecule has 0 saturated carbocycles. The number of hydrogen-bond acceptors (Lipinski definition) is 10. The summed E-state index contributed by atoms with van der Waals surface area (Å²) < 4.78 is 40.9. The van der Waals surface area contributed by atoms with Crippen LogP contribution in [0.15, 0.2) is 24.4 Å². The van der Waals surface area contributed by atoms with E-state index in [0.29, 0.717) is 35.8 Å². The maximum absolute atomic E-state index is 14.8. The number of thiazole rings is 1. The number of fused-ring (bicyclic) bond motifs is 1. The minimum absolute atomic E-state index is 0.132. The van der Waals surface area contributed by atoms with Crippen molar-refractivity contribution in [2.75, 3.05) is 35.4 Å². The highest BCUT2D eigenvalue weighted by molar-refractivity contribution is 7.19. The Bertz CT molecular complexity index is 1580. The van der Waals surface area contributed by atoms with E-state index in [4.69, 9.17) is 9.47 Å². The van der Waals surface area contributed by atoms with E-state index >= 15 is 0 Å². The minimum atomic E-state index is -1.05. The topological polar surface area (TPSA) is 121 Å². The Morgan fingerprint density at radius 1 is 1.15 bits per heavy atom. The van der Waals surface area contributed by atoms with Crippen molar-refractivity contribution in [3.8, 4) is 10.6 Å². The van der Waals surface area contributed by atoms with Crippen LogP contribution in [0.4, 0.5) is 30.0 Å². The zero-order valence-corrected chi connectivity index (χ0v) is 29.0. The number of halogens is 2. The van der Waals surface area contributed by atoms with Gasteiger partial charge in [0.05, 0.1) is 46.7 Å². The van der Waals surface area contributed by atoms with Crippen LogP contribution in [0.25, 0.3) is 10.6 Å². The van der Waals surface area contributed by atoms with Crippen LogP contribution in [-0.2, 0) is 28.0 Å². The summed E-state index contributed by atoms with van der Waals surface area (Å²) in [4.78, 5) is 24.2. The largest absolute Gasteiger partial charge is 0.444 e. The van der Waals surface area contributed by atoms with Crippen LogP contribution < -0.4 is 20.9 Å². The number of nitrogens with zero attached hydrogens (tertiary/aromatic N) is 3. The molecule has 3 aromatic rings. The van der Waals surface area contributed by atoms with E-state index in [2.05, 4.69) is 30.8 Å². The number of carbonyl (C=O) groups excluding carboxylic acids is 1. The summed E-state index contributed by atoms with van der Waals surface area (Å²) in [7, 11) is 0. The minimum Gasteiger partial charge on any atom is -0.444 e. The summed E-state index contributed by atoms with van der Waals surface area (Å²) in [6.45, 7) is 14.8. The number of amides is 1. The number of aliphatic hydroxyl groups is 1. The van der Waals surface area contributed by atoms with E-state index in [1.807, 2.05) is 41.5 Å². The molecule has 1 aliphatic heterocycles. The number of ether oxygens (including phenoxy) is 2. The molecule has 1 fully saturated rings. The number of rotatable bonds is 9. The van der Waals surface area contributed by atoms with Gasteiger partial charge in [-0.2, -0.15) is 0 Å². The van der Waals surface area contributed by atoms with Crippen molar-refractivity contribution in [3.63, 3.8) is 0 Å². The average molecular weight is 673 g/mol. The summed E-state index contributed by atoms with van der Waals surface area (Å²) in [5.41, 5.74) is 1.60. The van der Waals surface area contributed by atoms with Crippen molar-refractivity contribution in [1.29, 1.82) is 0 Å². The van der Waals surface area contributed by atoms with E-state index in [9.17, 15) is 18.7 Å². The van der Waals surface area contributed by atoms with E-state index < -0.39 is 34.5 Å². The first kappa shape index (κ1) is 34.8. The number of piperidine rings is 1. The molecule has 0 radical (unpaired) electrons. The molecule has 0 bridgehead atoms. The zero-order valence-electron chi connectivity index (χ0n) is 28.2. The monoisotopic (exact) mass is 672 g/mol. The first-order chi connectivity index (χ1) is 22.0. The van der Waals surface area contributed by atoms with E-state index in [0.717, 1.165) is 47.7 Å². The molecule has 47 heavy (non-hydrogen) atoms. The molecule has 256 valence electrons. The highest BCUT2D eigenvalue weighted by Crippen LogP contribution is 2.44. The third kappa shape index (κ3) is 8.49. The second-order valence-electron chi connectivity index (χ2n) is 14.4. The molecule has 2 aromatic heterocycles. The third-order valence-corrected chi connectivity index (χ3v) is 9.11. The van der Waals surface area contributed by atoms with Gasteiger partial charge in [0.15, 0.2) is 0 Å². The molecule has 4 N–H and O–H groups in total. The van der Waals surface area contributed by atoms with Crippen molar-refractivity contribution in [2.24, 2.45) is 0 Å². The molecule has 0 spiro atoms. The molecule has 13 heteroatoms. The van der Waals surface area contributed by atoms with Gasteiger partial charge in [-0.15, -0.1) is 0 Å². The number of pyridine rings is 1. The van der Waals surface area contributed by atoms with Crippen LogP contribution in [0.2, 0.25) is 0 Å². The Labute approximate surface area is 279 Å². The van der Waals surface area contributed by atoms with E-state index in [-0.39, 0.29) is 29.9 Å². The Kier molecular flexibility index (Phi) is 10.0. The number of benzene rings is 1. The van der Waals surface area contributed by atoms with Crippen LogP contribution in [-0.4, -0.2) is 58.2 Å². The molecule has 3 heterocycles.